The number of carbonyl (C=O) groups is 1. The third-order valence-electron chi connectivity index (χ3n) is 2.48. The highest BCUT2D eigenvalue weighted by molar-refractivity contribution is 9.11. The normalized spacial score (nSPS) is 10.4. The van der Waals surface area contributed by atoms with Crippen molar-refractivity contribution in [1.82, 2.24) is 0 Å². The van der Waals surface area contributed by atoms with Crippen LogP contribution in [0.1, 0.15) is 15.9 Å². The van der Waals surface area contributed by atoms with Crippen molar-refractivity contribution in [2.75, 3.05) is 0 Å². The summed E-state index contributed by atoms with van der Waals surface area (Å²) in [4.78, 5) is 12.2. The summed E-state index contributed by atoms with van der Waals surface area (Å²) in [6.45, 7) is 0. The summed E-state index contributed by atoms with van der Waals surface area (Å²) >= 11 is 10.2. The summed E-state index contributed by atoms with van der Waals surface area (Å²) < 4.78 is 2.72. The summed E-state index contributed by atoms with van der Waals surface area (Å²) in [5.41, 5.74) is 1.70. The van der Waals surface area contributed by atoms with Crippen LogP contribution in [0.25, 0.3) is 0 Å². The second kappa shape index (κ2) is 6.13. The molecule has 1 nitrogen and oxygen atoms in total. The zero-order valence-electron chi connectivity index (χ0n) is 9.29. The molecule has 0 atom stereocenters. The molecular weight excluding hydrogens is 424 g/mol. The fraction of sp³-hybridized carbons (Fsp3) is 0.0714. The van der Waals surface area contributed by atoms with Crippen LogP contribution in [-0.2, 0) is 6.42 Å². The monoisotopic (exact) mass is 430 g/mol. The maximum atomic E-state index is 12.2. The smallest absolute Gasteiger partial charge is 0.168 e. The van der Waals surface area contributed by atoms with Crippen LogP contribution < -0.4 is 0 Å². The van der Waals surface area contributed by atoms with Gasteiger partial charge in [0, 0.05) is 25.4 Å². The molecule has 0 aromatic heterocycles. The quantitative estimate of drug-likeness (QED) is 0.593. The molecular formula is C14H9Br3O. The SMILES string of the molecule is O=C(Cc1cccc(Br)c1)c1cc(Br)ccc1Br. The number of hydrogen-bond donors (Lipinski definition) is 0. The number of hydrogen-bond acceptors (Lipinski definition) is 1. The van der Waals surface area contributed by atoms with E-state index in [-0.39, 0.29) is 5.78 Å². The first-order valence-electron chi connectivity index (χ1n) is 5.29. The number of carbonyl (C=O) groups excluding carboxylic acids is 1. The van der Waals surface area contributed by atoms with E-state index in [1.807, 2.05) is 42.5 Å². The first-order valence-corrected chi connectivity index (χ1v) is 7.67. The van der Waals surface area contributed by atoms with Gasteiger partial charge in [-0.05, 0) is 35.9 Å². The Morgan fingerprint density at radius 2 is 1.67 bits per heavy atom. The average Bonchev–Trinajstić information content (AvgIpc) is 2.32. The molecule has 0 heterocycles. The van der Waals surface area contributed by atoms with E-state index in [2.05, 4.69) is 47.8 Å². The predicted octanol–water partition coefficient (Wildman–Crippen LogP) is 5.40. The van der Waals surface area contributed by atoms with Crippen LogP contribution in [0.4, 0.5) is 0 Å². The van der Waals surface area contributed by atoms with Crippen LogP contribution in [0.2, 0.25) is 0 Å². The second-order valence-corrected chi connectivity index (χ2v) is 6.54. The molecule has 0 radical (unpaired) electrons. The Balaban J connectivity index is 2.24. The van der Waals surface area contributed by atoms with Gasteiger partial charge in [0.15, 0.2) is 5.78 Å². The van der Waals surface area contributed by atoms with E-state index in [9.17, 15) is 4.79 Å². The van der Waals surface area contributed by atoms with E-state index in [0.29, 0.717) is 12.0 Å². The lowest BCUT2D eigenvalue weighted by molar-refractivity contribution is 0.0992. The standard InChI is InChI=1S/C14H9Br3O/c15-10-3-1-2-9(6-10)7-14(18)12-8-11(16)4-5-13(12)17/h1-6,8H,7H2. The zero-order chi connectivity index (χ0) is 13.1. The molecule has 0 aliphatic heterocycles. The fourth-order valence-electron chi connectivity index (χ4n) is 1.64. The summed E-state index contributed by atoms with van der Waals surface area (Å²) in [5, 5.41) is 0. The molecule has 0 aliphatic rings. The molecule has 0 saturated carbocycles. The third kappa shape index (κ3) is 3.53. The number of benzene rings is 2. The molecule has 2 rings (SSSR count). The lowest BCUT2D eigenvalue weighted by atomic mass is 10.0. The van der Waals surface area contributed by atoms with Gasteiger partial charge in [-0.15, -0.1) is 0 Å². The third-order valence-corrected chi connectivity index (χ3v) is 4.16. The minimum absolute atomic E-state index is 0.0984. The topological polar surface area (TPSA) is 17.1 Å². The van der Waals surface area contributed by atoms with Crippen LogP contribution in [0.5, 0.6) is 0 Å². The van der Waals surface area contributed by atoms with Crippen molar-refractivity contribution in [2.24, 2.45) is 0 Å². The Morgan fingerprint density at radius 1 is 0.944 bits per heavy atom. The van der Waals surface area contributed by atoms with Gasteiger partial charge in [0.2, 0.25) is 0 Å². The van der Waals surface area contributed by atoms with Crippen molar-refractivity contribution in [3.05, 3.63) is 67.0 Å². The van der Waals surface area contributed by atoms with Crippen molar-refractivity contribution < 1.29 is 4.79 Å². The van der Waals surface area contributed by atoms with Crippen LogP contribution >= 0.6 is 47.8 Å². The number of Topliss-reactive ketones (excluding diaryl/α,β-unsaturated/α-hetero) is 1. The first kappa shape index (κ1) is 14.0. The molecule has 2 aromatic rings. The molecule has 0 amide bonds. The molecule has 0 unspecified atom stereocenters. The van der Waals surface area contributed by atoms with Crippen molar-refractivity contribution in [3.8, 4) is 0 Å². The Kier molecular flexibility index (Phi) is 4.76. The molecule has 0 spiro atoms. The van der Waals surface area contributed by atoms with E-state index in [0.717, 1.165) is 19.0 Å². The second-order valence-electron chi connectivity index (χ2n) is 3.85. The Hall–Kier alpha value is -0.450. The van der Waals surface area contributed by atoms with Crippen LogP contribution in [-0.4, -0.2) is 5.78 Å². The minimum Gasteiger partial charge on any atom is -0.294 e. The predicted molar refractivity (Wildman–Crippen MR) is 84.0 cm³/mol. The van der Waals surface area contributed by atoms with Gasteiger partial charge < -0.3 is 0 Å². The molecule has 4 heteroatoms. The highest BCUT2D eigenvalue weighted by Crippen LogP contribution is 2.23. The Labute approximate surface area is 131 Å². The highest BCUT2D eigenvalue weighted by atomic mass is 79.9. The van der Waals surface area contributed by atoms with Gasteiger partial charge in [-0.3, -0.25) is 4.79 Å². The summed E-state index contributed by atoms with van der Waals surface area (Å²) in [5.74, 6) is 0.0984. The molecule has 0 fully saturated rings. The minimum atomic E-state index is 0.0984. The summed E-state index contributed by atoms with van der Waals surface area (Å²) in [6.07, 6.45) is 0.397. The van der Waals surface area contributed by atoms with Gasteiger partial charge in [0.1, 0.15) is 0 Å². The summed E-state index contributed by atoms with van der Waals surface area (Å²) in [6, 6.07) is 13.4. The summed E-state index contributed by atoms with van der Waals surface area (Å²) in [7, 11) is 0. The van der Waals surface area contributed by atoms with Gasteiger partial charge in [-0.25, -0.2) is 0 Å². The van der Waals surface area contributed by atoms with Crippen molar-refractivity contribution in [3.63, 3.8) is 0 Å². The number of rotatable bonds is 3. The number of halogens is 3. The lowest BCUT2D eigenvalue weighted by Gasteiger charge is -2.05. The zero-order valence-corrected chi connectivity index (χ0v) is 14.0. The van der Waals surface area contributed by atoms with Crippen molar-refractivity contribution in [2.45, 2.75) is 6.42 Å². The Bertz CT molecular complexity index is 593. The van der Waals surface area contributed by atoms with Crippen molar-refractivity contribution in [1.29, 1.82) is 0 Å². The Morgan fingerprint density at radius 3 is 2.39 bits per heavy atom. The van der Waals surface area contributed by atoms with E-state index in [1.165, 1.54) is 0 Å². The average molecular weight is 433 g/mol. The molecule has 0 aliphatic carbocycles. The van der Waals surface area contributed by atoms with Gasteiger partial charge in [0.25, 0.3) is 0 Å². The highest BCUT2D eigenvalue weighted by Gasteiger charge is 2.11. The molecule has 92 valence electrons. The maximum absolute atomic E-state index is 12.2. The van der Waals surface area contributed by atoms with E-state index < -0.39 is 0 Å². The van der Waals surface area contributed by atoms with E-state index >= 15 is 0 Å². The van der Waals surface area contributed by atoms with Crippen LogP contribution in [0, 0.1) is 0 Å². The molecule has 0 N–H and O–H groups in total. The van der Waals surface area contributed by atoms with E-state index in [1.54, 1.807) is 0 Å². The maximum Gasteiger partial charge on any atom is 0.168 e. The van der Waals surface area contributed by atoms with Gasteiger partial charge in [0.05, 0.1) is 0 Å². The molecule has 18 heavy (non-hydrogen) atoms. The van der Waals surface area contributed by atoms with E-state index in [4.69, 9.17) is 0 Å². The molecule has 2 aromatic carbocycles. The van der Waals surface area contributed by atoms with Crippen LogP contribution in [0.15, 0.2) is 55.9 Å². The van der Waals surface area contributed by atoms with Crippen molar-refractivity contribution >= 4 is 53.6 Å². The van der Waals surface area contributed by atoms with Gasteiger partial charge in [-0.2, -0.15) is 0 Å². The van der Waals surface area contributed by atoms with Gasteiger partial charge in [-0.1, -0.05) is 59.9 Å². The lowest BCUT2D eigenvalue weighted by Crippen LogP contribution is -2.04. The van der Waals surface area contributed by atoms with Crippen LogP contribution in [0.3, 0.4) is 0 Å². The number of ketones is 1. The molecule has 0 bridgehead atoms. The largest absolute Gasteiger partial charge is 0.294 e. The first-order chi connectivity index (χ1) is 8.56. The fourth-order valence-corrected chi connectivity index (χ4v) is 2.91. The van der Waals surface area contributed by atoms with Gasteiger partial charge >= 0.3 is 0 Å². The molecule has 0 saturated heterocycles.